The molecule has 0 radical (unpaired) electrons. The molecule has 31 heavy (non-hydrogen) atoms. The Labute approximate surface area is 186 Å². The fraction of sp³-hybridized carbons (Fsp3) is 0.150. The minimum Gasteiger partial charge on any atom is -0.493 e. The Balaban J connectivity index is 1.69. The van der Waals surface area contributed by atoms with Crippen molar-refractivity contribution in [1.29, 1.82) is 0 Å². The van der Waals surface area contributed by atoms with E-state index in [-0.39, 0.29) is 27.9 Å². The Morgan fingerprint density at radius 2 is 2.03 bits per heavy atom. The molecule has 0 aromatic heterocycles. The standard InChI is InChI=1S/C20H16ClN3O6S/c1-29-15-8-11(10-22-24-20-23-18(27)16(31-20)9-17(25)26)6-7-14(15)30-19(28)12-4-2-3-5-13(12)21/h2-8,10,16H,9H2,1H3,(H,25,26)(H,23,24,27). The van der Waals surface area contributed by atoms with Gasteiger partial charge in [-0.25, -0.2) is 4.79 Å². The number of carbonyl (C=O) groups excluding carboxylic acids is 2. The summed E-state index contributed by atoms with van der Waals surface area (Å²) in [7, 11) is 1.43. The van der Waals surface area contributed by atoms with Crippen LogP contribution in [0.5, 0.6) is 11.5 Å². The lowest BCUT2D eigenvalue weighted by molar-refractivity contribution is -0.138. The summed E-state index contributed by atoms with van der Waals surface area (Å²) in [6.45, 7) is 0. The van der Waals surface area contributed by atoms with Crippen molar-refractivity contribution < 1.29 is 29.0 Å². The SMILES string of the molecule is COc1cc(C=NN=C2NC(=O)C(CC(=O)O)S2)ccc1OC(=O)c1ccccc1Cl. The van der Waals surface area contributed by atoms with Gasteiger partial charge in [0.1, 0.15) is 5.25 Å². The first-order valence-corrected chi connectivity index (χ1v) is 10.1. The first kappa shape index (κ1) is 22.3. The number of methoxy groups -OCH3 is 1. The zero-order chi connectivity index (χ0) is 22.4. The fourth-order valence-electron chi connectivity index (χ4n) is 2.52. The van der Waals surface area contributed by atoms with Crippen LogP contribution in [0.15, 0.2) is 52.7 Å². The maximum Gasteiger partial charge on any atom is 0.345 e. The number of hydrogen-bond donors (Lipinski definition) is 2. The summed E-state index contributed by atoms with van der Waals surface area (Å²) >= 11 is 7.02. The summed E-state index contributed by atoms with van der Waals surface area (Å²) in [5.74, 6) is -1.62. The first-order chi connectivity index (χ1) is 14.9. The molecule has 1 aliphatic heterocycles. The van der Waals surface area contributed by atoms with E-state index in [1.807, 2.05) is 0 Å². The van der Waals surface area contributed by atoms with E-state index in [2.05, 4.69) is 15.5 Å². The highest BCUT2D eigenvalue weighted by molar-refractivity contribution is 8.15. The average molecular weight is 462 g/mol. The molecule has 1 aliphatic rings. The van der Waals surface area contributed by atoms with Gasteiger partial charge >= 0.3 is 11.9 Å². The number of aliphatic carboxylic acids is 1. The van der Waals surface area contributed by atoms with Crippen molar-refractivity contribution in [3.05, 3.63) is 58.6 Å². The van der Waals surface area contributed by atoms with Crippen LogP contribution < -0.4 is 14.8 Å². The van der Waals surface area contributed by atoms with Gasteiger partial charge in [0, 0.05) is 0 Å². The molecule has 11 heteroatoms. The van der Waals surface area contributed by atoms with Gasteiger partial charge in [-0.05, 0) is 35.9 Å². The van der Waals surface area contributed by atoms with Crippen molar-refractivity contribution in [2.75, 3.05) is 7.11 Å². The van der Waals surface area contributed by atoms with Crippen LogP contribution in [0.25, 0.3) is 0 Å². The highest BCUT2D eigenvalue weighted by Gasteiger charge is 2.32. The van der Waals surface area contributed by atoms with Crippen molar-refractivity contribution in [3.8, 4) is 11.5 Å². The van der Waals surface area contributed by atoms with Crippen molar-refractivity contribution in [2.45, 2.75) is 11.7 Å². The second-order valence-corrected chi connectivity index (χ2v) is 7.72. The van der Waals surface area contributed by atoms with Gasteiger partial charge in [-0.15, -0.1) is 5.10 Å². The molecule has 2 aromatic carbocycles. The zero-order valence-corrected chi connectivity index (χ0v) is 17.6. The van der Waals surface area contributed by atoms with Crippen molar-refractivity contribution in [1.82, 2.24) is 5.32 Å². The minimum atomic E-state index is -1.07. The van der Waals surface area contributed by atoms with E-state index in [0.29, 0.717) is 11.3 Å². The first-order valence-electron chi connectivity index (χ1n) is 8.82. The molecule has 160 valence electrons. The molecule has 3 rings (SSSR count). The summed E-state index contributed by atoms with van der Waals surface area (Å²) < 4.78 is 10.7. The quantitative estimate of drug-likeness (QED) is 0.281. The Hall–Kier alpha value is -3.37. The van der Waals surface area contributed by atoms with E-state index >= 15 is 0 Å². The third-order valence-electron chi connectivity index (χ3n) is 3.98. The molecule has 9 nitrogen and oxygen atoms in total. The second-order valence-electron chi connectivity index (χ2n) is 6.12. The van der Waals surface area contributed by atoms with Crippen LogP contribution in [0.3, 0.4) is 0 Å². The predicted molar refractivity (Wildman–Crippen MR) is 116 cm³/mol. The van der Waals surface area contributed by atoms with Crippen molar-refractivity contribution >= 4 is 52.6 Å². The molecule has 2 N–H and O–H groups in total. The number of halogens is 1. The fourth-order valence-corrected chi connectivity index (χ4v) is 3.65. The van der Waals surface area contributed by atoms with Crippen LogP contribution in [0.4, 0.5) is 0 Å². The third kappa shape index (κ3) is 5.83. The van der Waals surface area contributed by atoms with E-state index in [4.69, 9.17) is 26.2 Å². The van der Waals surface area contributed by atoms with Gasteiger partial charge in [-0.2, -0.15) is 5.10 Å². The number of esters is 1. The molecule has 0 spiro atoms. The number of benzene rings is 2. The largest absolute Gasteiger partial charge is 0.493 e. The number of amides is 1. The van der Waals surface area contributed by atoms with Crippen molar-refractivity contribution in [2.24, 2.45) is 10.2 Å². The molecule has 1 atom stereocenters. The van der Waals surface area contributed by atoms with Gasteiger partial charge < -0.3 is 19.9 Å². The molecule has 0 bridgehead atoms. The third-order valence-corrected chi connectivity index (χ3v) is 5.38. The molecule has 1 saturated heterocycles. The number of carboxylic acid groups (broad SMARTS) is 1. The smallest absolute Gasteiger partial charge is 0.345 e. The monoisotopic (exact) mass is 461 g/mol. The van der Waals surface area contributed by atoms with Crippen LogP contribution >= 0.6 is 23.4 Å². The van der Waals surface area contributed by atoms with Crippen LogP contribution in [0.2, 0.25) is 5.02 Å². The summed E-state index contributed by atoms with van der Waals surface area (Å²) in [5.41, 5.74) is 0.820. The van der Waals surface area contributed by atoms with E-state index < -0.39 is 23.1 Å². The van der Waals surface area contributed by atoms with Gasteiger partial charge in [-0.1, -0.05) is 35.5 Å². The topological polar surface area (TPSA) is 127 Å². The van der Waals surface area contributed by atoms with Crippen LogP contribution in [-0.2, 0) is 9.59 Å². The summed E-state index contributed by atoms with van der Waals surface area (Å²) in [5, 5.41) is 18.8. The molecule has 0 saturated carbocycles. The Kier molecular flexibility index (Phi) is 7.27. The molecular formula is C20H16ClN3O6S. The Morgan fingerprint density at radius 1 is 1.26 bits per heavy atom. The lowest BCUT2D eigenvalue weighted by Crippen LogP contribution is -2.26. The van der Waals surface area contributed by atoms with E-state index in [1.165, 1.54) is 19.4 Å². The molecule has 1 unspecified atom stereocenters. The highest BCUT2D eigenvalue weighted by atomic mass is 35.5. The lowest BCUT2D eigenvalue weighted by atomic mass is 10.2. The number of amidine groups is 1. The van der Waals surface area contributed by atoms with E-state index in [1.54, 1.807) is 36.4 Å². The Morgan fingerprint density at radius 3 is 2.74 bits per heavy atom. The number of carbonyl (C=O) groups is 3. The zero-order valence-electron chi connectivity index (χ0n) is 16.1. The molecular weight excluding hydrogens is 446 g/mol. The molecule has 0 aliphatic carbocycles. The van der Waals surface area contributed by atoms with Gasteiger partial charge in [0.2, 0.25) is 5.91 Å². The van der Waals surface area contributed by atoms with E-state index in [0.717, 1.165) is 11.8 Å². The maximum atomic E-state index is 12.3. The maximum absolute atomic E-state index is 12.3. The van der Waals surface area contributed by atoms with Crippen LogP contribution in [0.1, 0.15) is 22.3 Å². The molecule has 2 aromatic rings. The number of hydrogen-bond acceptors (Lipinski definition) is 8. The van der Waals surface area contributed by atoms with Crippen molar-refractivity contribution in [3.63, 3.8) is 0 Å². The number of thioether (sulfide) groups is 1. The van der Waals surface area contributed by atoms with Gasteiger partial charge in [0.05, 0.1) is 30.3 Å². The van der Waals surface area contributed by atoms with Gasteiger partial charge in [0.15, 0.2) is 16.7 Å². The average Bonchev–Trinajstić information content (AvgIpc) is 3.07. The summed E-state index contributed by atoms with van der Waals surface area (Å²) in [6.07, 6.45) is 1.11. The summed E-state index contributed by atoms with van der Waals surface area (Å²) in [6, 6.07) is 11.3. The van der Waals surface area contributed by atoms with Crippen LogP contribution in [-0.4, -0.2) is 46.7 Å². The number of rotatable bonds is 7. The normalized spacial score (nSPS) is 17.0. The number of nitrogens with zero attached hydrogens (tertiary/aromatic N) is 2. The van der Waals surface area contributed by atoms with Crippen LogP contribution in [0, 0.1) is 0 Å². The number of nitrogens with one attached hydrogen (secondary N) is 1. The molecule has 1 fully saturated rings. The summed E-state index contributed by atoms with van der Waals surface area (Å²) in [4.78, 5) is 34.8. The highest BCUT2D eigenvalue weighted by Crippen LogP contribution is 2.29. The Bertz CT molecular complexity index is 1090. The molecule has 1 amide bonds. The predicted octanol–water partition coefficient (Wildman–Crippen LogP) is 2.96. The second kappa shape index (κ2) is 10.1. The number of carboxylic acids is 1. The van der Waals surface area contributed by atoms with Gasteiger partial charge in [-0.3, -0.25) is 9.59 Å². The van der Waals surface area contributed by atoms with E-state index in [9.17, 15) is 14.4 Å². The lowest BCUT2D eigenvalue weighted by Gasteiger charge is -2.10. The minimum absolute atomic E-state index is 0.200. The number of ether oxygens (including phenoxy) is 2. The van der Waals surface area contributed by atoms with Gasteiger partial charge in [0.25, 0.3) is 0 Å². The molecule has 1 heterocycles.